The first kappa shape index (κ1) is 20.9. The summed E-state index contributed by atoms with van der Waals surface area (Å²) in [5.41, 5.74) is 0.480. The second kappa shape index (κ2) is 10.6. The molecule has 0 radical (unpaired) electrons. The van der Waals surface area contributed by atoms with Gasteiger partial charge < -0.3 is 15.1 Å². The van der Waals surface area contributed by atoms with Crippen LogP contribution in [0.3, 0.4) is 0 Å². The molecule has 2 rings (SSSR count). The van der Waals surface area contributed by atoms with Crippen LogP contribution in [0.15, 0.2) is 30.3 Å². The summed E-state index contributed by atoms with van der Waals surface area (Å²) < 4.78 is 0. The van der Waals surface area contributed by atoms with Gasteiger partial charge in [-0.2, -0.15) is 0 Å². The van der Waals surface area contributed by atoms with Gasteiger partial charge in [-0.3, -0.25) is 4.79 Å². The van der Waals surface area contributed by atoms with Crippen molar-refractivity contribution in [2.75, 3.05) is 19.6 Å². The maximum absolute atomic E-state index is 10.5. The summed E-state index contributed by atoms with van der Waals surface area (Å²) in [5, 5.41) is 18.4. The van der Waals surface area contributed by atoms with Crippen molar-refractivity contribution < 1.29 is 15.0 Å². The molecule has 1 heterocycles. The van der Waals surface area contributed by atoms with Gasteiger partial charge in [-0.15, -0.1) is 12.4 Å². The molecule has 0 spiro atoms. The number of hydrogen-bond acceptors (Lipinski definition) is 3. The molecule has 22 heavy (non-hydrogen) atoms. The average molecular weight is 330 g/mol. The summed E-state index contributed by atoms with van der Waals surface area (Å²) in [6, 6.07) is 10.1. The van der Waals surface area contributed by atoms with Gasteiger partial charge in [0.05, 0.1) is 5.60 Å². The van der Waals surface area contributed by atoms with Crippen molar-refractivity contribution in [3.63, 3.8) is 0 Å². The molecule has 1 saturated heterocycles. The number of carboxylic acids is 1. The first-order valence-corrected chi connectivity index (χ1v) is 7.74. The largest absolute Gasteiger partial charge is 0.481 e. The fourth-order valence-electron chi connectivity index (χ4n) is 2.49. The standard InChI is InChI=1S/C13H19NO.C4H8O2.ClH/c1-2-14-10-8-13(15,9-11-14)12-6-4-3-5-7-12;1-2-3-4(5)6;/h3-7,15H,2,8-11H2,1H3;2-3H2,1H3,(H,5,6);1H. The van der Waals surface area contributed by atoms with Crippen LogP contribution in [-0.2, 0) is 10.4 Å². The molecule has 0 aliphatic carbocycles. The fraction of sp³-hybridized carbons (Fsp3) is 0.588. The average Bonchev–Trinajstić information content (AvgIpc) is 2.49. The van der Waals surface area contributed by atoms with Crippen LogP contribution in [0, 0.1) is 0 Å². The third-order valence-corrected chi connectivity index (χ3v) is 3.91. The predicted octanol–water partition coefficient (Wildman–Crippen LogP) is 3.28. The number of rotatable bonds is 4. The zero-order valence-electron chi connectivity index (χ0n) is 13.5. The highest BCUT2D eigenvalue weighted by molar-refractivity contribution is 5.85. The van der Waals surface area contributed by atoms with E-state index < -0.39 is 11.6 Å². The van der Waals surface area contributed by atoms with Gasteiger partial charge in [-0.25, -0.2) is 0 Å². The Morgan fingerprint density at radius 2 is 1.73 bits per heavy atom. The molecule has 0 amide bonds. The summed E-state index contributed by atoms with van der Waals surface area (Å²) in [4.78, 5) is 12.0. The van der Waals surface area contributed by atoms with E-state index in [1.165, 1.54) is 0 Å². The molecule has 0 atom stereocenters. The highest BCUT2D eigenvalue weighted by Crippen LogP contribution is 2.32. The minimum absolute atomic E-state index is 0. The van der Waals surface area contributed by atoms with Gasteiger partial charge in [0.25, 0.3) is 0 Å². The van der Waals surface area contributed by atoms with E-state index in [2.05, 4.69) is 11.8 Å². The number of aliphatic carboxylic acids is 1. The van der Waals surface area contributed by atoms with Crippen LogP contribution in [0.1, 0.15) is 45.1 Å². The molecular weight excluding hydrogens is 302 g/mol. The molecule has 1 aliphatic rings. The van der Waals surface area contributed by atoms with E-state index in [1.807, 2.05) is 37.3 Å². The highest BCUT2D eigenvalue weighted by atomic mass is 35.5. The summed E-state index contributed by atoms with van der Waals surface area (Å²) in [7, 11) is 0. The topological polar surface area (TPSA) is 60.8 Å². The van der Waals surface area contributed by atoms with Gasteiger partial charge in [-0.05, 0) is 31.4 Å². The van der Waals surface area contributed by atoms with Gasteiger partial charge in [0.1, 0.15) is 0 Å². The molecule has 1 fully saturated rings. The Morgan fingerprint density at radius 1 is 1.18 bits per heavy atom. The number of carboxylic acid groups (broad SMARTS) is 1. The summed E-state index contributed by atoms with van der Waals surface area (Å²) in [5.74, 6) is -0.711. The van der Waals surface area contributed by atoms with Crippen LogP contribution in [-0.4, -0.2) is 40.7 Å². The number of hydrogen-bond donors (Lipinski definition) is 2. The SMILES string of the molecule is CCCC(=O)O.CCN1CCC(O)(c2ccccc2)CC1.Cl. The van der Waals surface area contributed by atoms with E-state index in [0.29, 0.717) is 6.42 Å². The second-order valence-corrected chi connectivity index (χ2v) is 5.48. The summed E-state index contributed by atoms with van der Waals surface area (Å²) in [6.45, 7) is 7.11. The zero-order valence-corrected chi connectivity index (χ0v) is 14.3. The third kappa shape index (κ3) is 6.77. The lowest BCUT2D eigenvalue weighted by atomic mass is 9.84. The Kier molecular flexibility index (Phi) is 10.1. The molecule has 0 bridgehead atoms. The minimum Gasteiger partial charge on any atom is -0.481 e. The molecule has 0 unspecified atom stereocenters. The van der Waals surface area contributed by atoms with Crippen LogP contribution in [0.4, 0.5) is 0 Å². The normalized spacial score (nSPS) is 16.9. The van der Waals surface area contributed by atoms with Crippen molar-refractivity contribution in [3.05, 3.63) is 35.9 Å². The maximum atomic E-state index is 10.5. The monoisotopic (exact) mass is 329 g/mol. The van der Waals surface area contributed by atoms with Crippen molar-refractivity contribution in [3.8, 4) is 0 Å². The maximum Gasteiger partial charge on any atom is 0.303 e. The number of halogens is 1. The number of nitrogens with zero attached hydrogens (tertiary/aromatic N) is 1. The fourth-order valence-corrected chi connectivity index (χ4v) is 2.49. The van der Waals surface area contributed by atoms with Crippen molar-refractivity contribution in [2.45, 2.75) is 45.1 Å². The zero-order chi connectivity index (χ0) is 15.7. The van der Waals surface area contributed by atoms with Crippen LogP contribution in [0.25, 0.3) is 0 Å². The number of benzene rings is 1. The minimum atomic E-state index is -0.711. The van der Waals surface area contributed by atoms with E-state index in [1.54, 1.807) is 0 Å². The van der Waals surface area contributed by atoms with E-state index in [4.69, 9.17) is 5.11 Å². The van der Waals surface area contributed by atoms with Gasteiger partial charge in [0, 0.05) is 19.5 Å². The van der Waals surface area contributed by atoms with Gasteiger partial charge in [0.15, 0.2) is 0 Å². The van der Waals surface area contributed by atoms with Gasteiger partial charge >= 0.3 is 5.97 Å². The molecular formula is C17H28ClNO3. The summed E-state index contributed by atoms with van der Waals surface area (Å²) >= 11 is 0. The smallest absolute Gasteiger partial charge is 0.303 e. The second-order valence-electron chi connectivity index (χ2n) is 5.48. The van der Waals surface area contributed by atoms with Gasteiger partial charge in [0.2, 0.25) is 0 Å². The number of carbonyl (C=O) groups is 1. The molecule has 1 aromatic carbocycles. The Morgan fingerprint density at radius 3 is 2.09 bits per heavy atom. The summed E-state index contributed by atoms with van der Waals surface area (Å²) in [6.07, 6.45) is 2.73. The molecule has 5 heteroatoms. The van der Waals surface area contributed by atoms with Crippen molar-refractivity contribution in [1.82, 2.24) is 4.90 Å². The molecule has 1 aliphatic heterocycles. The molecule has 4 nitrogen and oxygen atoms in total. The molecule has 126 valence electrons. The Balaban J connectivity index is 0.000000546. The number of likely N-dealkylation sites (tertiary alicyclic amines) is 1. The van der Waals surface area contributed by atoms with E-state index in [0.717, 1.165) is 44.5 Å². The lowest BCUT2D eigenvalue weighted by Crippen LogP contribution is -2.42. The molecule has 0 saturated carbocycles. The van der Waals surface area contributed by atoms with Crippen molar-refractivity contribution in [1.29, 1.82) is 0 Å². The van der Waals surface area contributed by atoms with Crippen LogP contribution in [0.2, 0.25) is 0 Å². The first-order valence-electron chi connectivity index (χ1n) is 7.74. The van der Waals surface area contributed by atoms with Crippen molar-refractivity contribution >= 4 is 18.4 Å². The van der Waals surface area contributed by atoms with Crippen LogP contribution >= 0.6 is 12.4 Å². The third-order valence-electron chi connectivity index (χ3n) is 3.91. The van der Waals surface area contributed by atoms with E-state index in [-0.39, 0.29) is 12.4 Å². The Hall–Kier alpha value is -1.10. The molecule has 0 aromatic heterocycles. The Bertz CT molecular complexity index is 417. The highest BCUT2D eigenvalue weighted by Gasteiger charge is 2.33. The Labute approximate surface area is 139 Å². The predicted molar refractivity (Wildman–Crippen MR) is 91.5 cm³/mol. The van der Waals surface area contributed by atoms with E-state index >= 15 is 0 Å². The van der Waals surface area contributed by atoms with Crippen LogP contribution in [0.5, 0.6) is 0 Å². The quantitative estimate of drug-likeness (QED) is 0.890. The van der Waals surface area contributed by atoms with Crippen molar-refractivity contribution in [2.24, 2.45) is 0 Å². The molecule has 2 N–H and O–H groups in total. The lowest BCUT2D eigenvalue weighted by Gasteiger charge is -2.38. The molecule has 1 aromatic rings. The number of aliphatic hydroxyl groups is 1. The van der Waals surface area contributed by atoms with Gasteiger partial charge in [-0.1, -0.05) is 44.2 Å². The van der Waals surface area contributed by atoms with E-state index in [9.17, 15) is 9.90 Å². The first-order chi connectivity index (χ1) is 10.0. The lowest BCUT2D eigenvalue weighted by molar-refractivity contribution is -0.137. The number of piperidine rings is 1. The van der Waals surface area contributed by atoms with Crippen LogP contribution < -0.4 is 0 Å².